The summed E-state index contributed by atoms with van der Waals surface area (Å²) in [5, 5.41) is 18.1. The van der Waals surface area contributed by atoms with E-state index in [0.29, 0.717) is 12.0 Å². The van der Waals surface area contributed by atoms with Crippen LogP contribution >= 0.6 is 0 Å². The summed E-state index contributed by atoms with van der Waals surface area (Å²) in [6.07, 6.45) is 3.65. The van der Waals surface area contributed by atoms with Crippen molar-refractivity contribution in [2.24, 2.45) is 0 Å². The number of nitrogens with zero attached hydrogens (tertiary/aromatic N) is 2. The predicted octanol–water partition coefficient (Wildman–Crippen LogP) is -0.0804. The predicted molar refractivity (Wildman–Crippen MR) is 62.3 cm³/mol. The topological polar surface area (TPSA) is 58.3 Å². The van der Waals surface area contributed by atoms with E-state index in [1.54, 1.807) is 18.3 Å². The largest absolute Gasteiger partial charge is 0.488 e. The van der Waals surface area contributed by atoms with E-state index in [-0.39, 0.29) is 0 Å². The van der Waals surface area contributed by atoms with Crippen LogP contribution in [0.15, 0.2) is 36.7 Å². The van der Waals surface area contributed by atoms with Crippen LogP contribution in [0.3, 0.4) is 0 Å². The molecule has 0 aliphatic heterocycles. The van der Waals surface area contributed by atoms with Crippen molar-refractivity contribution >= 4 is 12.6 Å². The van der Waals surface area contributed by atoms with Gasteiger partial charge in [-0.25, -0.2) is 4.98 Å². The molecule has 2 aromatic rings. The first-order valence-electron chi connectivity index (χ1n) is 5.09. The summed E-state index contributed by atoms with van der Waals surface area (Å²) in [6, 6.07) is 7.24. The number of imidazole rings is 1. The van der Waals surface area contributed by atoms with Gasteiger partial charge in [0.1, 0.15) is 5.82 Å². The molecule has 1 aromatic heterocycles. The van der Waals surface area contributed by atoms with E-state index in [1.165, 1.54) is 0 Å². The van der Waals surface area contributed by atoms with E-state index >= 15 is 0 Å². The Hall–Kier alpha value is -1.59. The molecule has 0 bridgehead atoms. The van der Waals surface area contributed by atoms with Gasteiger partial charge in [0.2, 0.25) is 0 Å². The van der Waals surface area contributed by atoms with Gasteiger partial charge in [-0.2, -0.15) is 0 Å². The molecule has 0 aliphatic rings. The van der Waals surface area contributed by atoms with Gasteiger partial charge in [-0.15, -0.1) is 0 Å². The third-order valence-electron chi connectivity index (χ3n) is 2.53. The Bertz CT molecular complexity index is 482. The van der Waals surface area contributed by atoms with Crippen LogP contribution in [-0.4, -0.2) is 26.7 Å². The van der Waals surface area contributed by atoms with Crippen LogP contribution in [0.1, 0.15) is 11.4 Å². The molecule has 16 heavy (non-hydrogen) atoms. The number of aromatic nitrogens is 2. The maximum Gasteiger partial charge on any atom is 0.488 e. The van der Waals surface area contributed by atoms with Crippen LogP contribution < -0.4 is 5.46 Å². The van der Waals surface area contributed by atoms with Crippen molar-refractivity contribution in [3.05, 3.63) is 48.0 Å². The van der Waals surface area contributed by atoms with Crippen molar-refractivity contribution < 1.29 is 10.0 Å². The molecule has 0 spiro atoms. The maximum atomic E-state index is 9.07. The van der Waals surface area contributed by atoms with Gasteiger partial charge in [0.25, 0.3) is 0 Å². The number of benzene rings is 1. The van der Waals surface area contributed by atoms with Gasteiger partial charge >= 0.3 is 7.12 Å². The molecule has 0 aliphatic carbocycles. The smallest absolute Gasteiger partial charge is 0.423 e. The minimum absolute atomic E-state index is 0.510. The van der Waals surface area contributed by atoms with Gasteiger partial charge in [0.15, 0.2) is 0 Å². The number of rotatable bonds is 3. The first kappa shape index (κ1) is 10.9. The quantitative estimate of drug-likeness (QED) is 0.705. The summed E-state index contributed by atoms with van der Waals surface area (Å²) >= 11 is 0. The zero-order chi connectivity index (χ0) is 11.5. The molecule has 0 amide bonds. The fraction of sp³-hybridized carbons (Fsp3) is 0.182. The lowest BCUT2D eigenvalue weighted by molar-refractivity contribution is 0.425. The molecular formula is C11H13BN2O2. The zero-order valence-electron chi connectivity index (χ0n) is 9.04. The summed E-state index contributed by atoms with van der Waals surface area (Å²) in [5.74, 6) is 0.940. The summed E-state index contributed by atoms with van der Waals surface area (Å²) in [6.45, 7) is 2.62. The molecule has 0 saturated carbocycles. The minimum Gasteiger partial charge on any atom is -0.423 e. The van der Waals surface area contributed by atoms with E-state index in [0.717, 1.165) is 11.4 Å². The minimum atomic E-state index is -1.41. The number of hydrogen-bond donors (Lipinski definition) is 2. The molecule has 0 radical (unpaired) electrons. The molecule has 4 nitrogen and oxygen atoms in total. The maximum absolute atomic E-state index is 9.07. The molecular weight excluding hydrogens is 203 g/mol. The van der Waals surface area contributed by atoms with Gasteiger partial charge < -0.3 is 14.6 Å². The molecule has 1 aromatic carbocycles. The summed E-state index contributed by atoms with van der Waals surface area (Å²) in [4.78, 5) is 4.13. The van der Waals surface area contributed by atoms with Crippen molar-refractivity contribution in [3.63, 3.8) is 0 Å². The average molecular weight is 216 g/mol. The van der Waals surface area contributed by atoms with Crippen LogP contribution in [0, 0.1) is 6.92 Å². The monoisotopic (exact) mass is 216 g/mol. The highest BCUT2D eigenvalue weighted by Crippen LogP contribution is 2.03. The van der Waals surface area contributed by atoms with E-state index in [4.69, 9.17) is 10.0 Å². The molecule has 0 saturated heterocycles. The second-order valence-electron chi connectivity index (χ2n) is 3.72. The number of aryl methyl sites for hydroxylation is 1. The van der Waals surface area contributed by atoms with E-state index in [9.17, 15) is 0 Å². The standard InChI is InChI=1S/C11H13BN2O2/c1-9-13-5-6-14(9)8-10-3-2-4-11(7-10)12(15)16/h2-7,15-16H,8H2,1H3. The van der Waals surface area contributed by atoms with Crippen molar-refractivity contribution in [1.29, 1.82) is 0 Å². The Morgan fingerprint density at radius 3 is 2.81 bits per heavy atom. The zero-order valence-corrected chi connectivity index (χ0v) is 9.04. The molecule has 0 atom stereocenters. The fourth-order valence-corrected chi connectivity index (χ4v) is 1.62. The first-order chi connectivity index (χ1) is 7.66. The van der Waals surface area contributed by atoms with Crippen LogP contribution in [0.2, 0.25) is 0 Å². The Kier molecular flexibility index (Phi) is 3.08. The highest BCUT2D eigenvalue weighted by Gasteiger charge is 2.10. The first-order valence-corrected chi connectivity index (χ1v) is 5.09. The van der Waals surface area contributed by atoms with Crippen LogP contribution in [-0.2, 0) is 6.54 Å². The van der Waals surface area contributed by atoms with E-state index < -0.39 is 7.12 Å². The van der Waals surface area contributed by atoms with Gasteiger partial charge in [0.05, 0.1) is 0 Å². The van der Waals surface area contributed by atoms with Crippen molar-refractivity contribution in [2.45, 2.75) is 13.5 Å². The molecule has 2 rings (SSSR count). The van der Waals surface area contributed by atoms with Crippen LogP contribution in [0.5, 0.6) is 0 Å². The van der Waals surface area contributed by atoms with E-state index in [2.05, 4.69) is 4.98 Å². The van der Waals surface area contributed by atoms with Crippen molar-refractivity contribution in [1.82, 2.24) is 9.55 Å². The number of hydrogen-bond acceptors (Lipinski definition) is 3. The Morgan fingerprint density at radius 2 is 2.19 bits per heavy atom. The summed E-state index contributed by atoms with van der Waals surface area (Å²) in [5.41, 5.74) is 1.53. The third kappa shape index (κ3) is 2.32. The highest BCUT2D eigenvalue weighted by molar-refractivity contribution is 6.58. The molecule has 5 heteroatoms. The van der Waals surface area contributed by atoms with Gasteiger partial charge in [0, 0.05) is 18.9 Å². The van der Waals surface area contributed by atoms with Crippen LogP contribution in [0.25, 0.3) is 0 Å². The lowest BCUT2D eigenvalue weighted by Crippen LogP contribution is -2.30. The molecule has 0 fully saturated rings. The molecule has 2 N–H and O–H groups in total. The normalized spacial score (nSPS) is 10.4. The second kappa shape index (κ2) is 4.51. The lowest BCUT2D eigenvalue weighted by atomic mass is 9.79. The lowest BCUT2D eigenvalue weighted by Gasteiger charge is -2.07. The summed E-state index contributed by atoms with van der Waals surface area (Å²) in [7, 11) is -1.41. The molecule has 82 valence electrons. The van der Waals surface area contributed by atoms with E-state index in [1.807, 2.05) is 29.8 Å². The Balaban J connectivity index is 2.22. The third-order valence-corrected chi connectivity index (χ3v) is 2.53. The Labute approximate surface area is 94.3 Å². The fourth-order valence-electron chi connectivity index (χ4n) is 1.62. The van der Waals surface area contributed by atoms with Crippen molar-refractivity contribution in [2.75, 3.05) is 0 Å². The van der Waals surface area contributed by atoms with Crippen LogP contribution in [0.4, 0.5) is 0 Å². The second-order valence-corrected chi connectivity index (χ2v) is 3.72. The van der Waals surface area contributed by atoms with Gasteiger partial charge in [-0.1, -0.05) is 24.3 Å². The molecule has 1 heterocycles. The van der Waals surface area contributed by atoms with Gasteiger partial charge in [-0.05, 0) is 17.9 Å². The van der Waals surface area contributed by atoms with Crippen molar-refractivity contribution in [3.8, 4) is 0 Å². The van der Waals surface area contributed by atoms with Gasteiger partial charge in [-0.3, -0.25) is 0 Å². The highest BCUT2D eigenvalue weighted by atomic mass is 16.4. The SMILES string of the molecule is Cc1nccn1Cc1cccc(B(O)O)c1. The molecule has 0 unspecified atom stereocenters. The summed E-state index contributed by atoms with van der Waals surface area (Å²) < 4.78 is 2.00. The Morgan fingerprint density at radius 1 is 1.38 bits per heavy atom. The average Bonchev–Trinajstić information content (AvgIpc) is 2.65.